The number of esters is 2. The van der Waals surface area contributed by atoms with Gasteiger partial charge in [-0.25, -0.2) is 19.7 Å². The molecule has 3 aliphatic rings. The predicted molar refractivity (Wildman–Crippen MR) is 67.7 cm³/mol. The fourth-order valence-electron chi connectivity index (χ4n) is 3.00. The number of carbonyl (C=O) groups excluding carboxylic acids is 3. The summed E-state index contributed by atoms with van der Waals surface area (Å²) >= 11 is 0. The van der Waals surface area contributed by atoms with Gasteiger partial charge in [0.1, 0.15) is 5.60 Å². The van der Waals surface area contributed by atoms with E-state index in [2.05, 4.69) is 10.6 Å². The van der Waals surface area contributed by atoms with E-state index in [-0.39, 0.29) is 6.04 Å². The third-order valence-electron chi connectivity index (χ3n) is 4.17. The van der Waals surface area contributed by atoms with E-state index in [1.165, 1.54) is 0 Å². The van der Waals surface area contributed by atoms with Crippen LogP contribution in [0, 0.1) is 5.41 Å². The van der Waals surface area contributed by atoms with Crippen molar-refractivity contribution in [1.29, 1.82) is 0 Å². The third-order valence-corrected chi connectivity index (χ3v) is 4.17. The summed E-state index contributed by atoms with van der Waals surface area (Å²) < 4.78 is 15.3. The Bertz CT molecular complexity index is 505. The average Bonchev–Trinajstić information content (AvgIpc) is 2.60. The van der Waals surface area contributed by atoms with Crippen LogP contribution in [0.4, 0.5) is 4.79 Å². The molecule has 3 fully saturated rings. The van der Waals surface area contributed by atoms with Crippen LogP contribution in [0.15, 0.2) is 0 Å². The number of nitrogens with one attached hydrogen (secondary N) is 2. The van der Waals surface area contributed by atoms with Gasteiger partial charge in [0.2, 0.25) is 0 Å². The van der Waals surface area contributed by atoms with Crippen molar-refractivity contribution in [2.75, 3.05) is 6.54 Å². The van der Waals surface area contributed by atoms with E-state index in [0.717, 1.165) is 0 Å². The molecule has 2 heterocycles. The maximum atomic E-state index is 11.9. The lowest BCUT2D eigenvalue weighted by Gasteiger charge is -2.62. The van der Waals surface area contributed by atoms with E-state index in [1.807, 2.05) is 0 Å². The molecule has 1 aliphatic carbocycles. The Balaban J connectivity index is 1.69. The molecular weight excluding hydrogens is 280 g/mol. The van der Waals surface area contributed by atoms with Crippen LogP contribution in [0.25, 0.3) is 0 Å². The lowest BCUT2D eigenvalue weighted by molar-refractivity contribution is -0.328. The zero-order valence-electron chi connectivity index (χ0n) is 12.1. The second kappa shape index (κ2) is 4.09. The summed E-state index contributed by atoms with van der Waals surface area (Å²) in [6.45, 7) is 5.82. The zero-order valence-corrected chi connectivity index (χ0v) is 12.1. The van der Waals surface area contributed by atoms with E-state index < -0.39 is 35.0 Å². The number of amides is 1. The molecule has 2 spiro atoms. The summed E-state index contributed by atoms with van der Waals surface area (Å²) in [6, 6.07) is -0.271. The standard InChI is InChI=1S/C13H18N2O6/c1-11(2,3)21-10(18)15-7-4-5-12(7)6-14-13(12)19-8(16)9(17)20-13/h7,14H,4-6H2,1-3H3,(H,15,18). The largest absolute Gasteiger partial charge is 0.444 e. The molecule has 0 radical (unpaired) electrons. The lowest BCUT2D eigenvalue weighted by atomic mass is 9.57. The fraction of sp³-hybridized carbons (Fsp3) is 0.769. The highest BCUT2D eigenvalue weighted by molar-refractivity contribution is 6.31. The van der Waals surface area contributed by atoms with Crippen molar-refractivity contribution in [1.82, 2.24) is 10.6 Å². The minimum Gasteiger partial charge on any atom is -0.444 e. The van der Waals surface area contributed by atoms with Crippen molar-refractivity contribution in [3.63, 3.8) is 0 Å². The molecule has 21 heavy (non-hydrogen) atoms. The molecule has 8 heteroatoms. The Morgan fingerprint density at radius 3 is 2.33 bits per heavy atom. The van der Waals surface area contributed by atoms with Crippen molar-refractivity contribution in [2.24, 2.45) is 5.41 Å². The second-order valence-electron chi connectivity index (χ2n) is 6.64. The van der Waals surface area contributed by atoms with Crippen LogP contribution >= 0.6 is 0 Å². The van der Waals surface area contributed by atoms with Crippen LogP contribution in [0.5, 0.6) is 0 Å². The molecule has 2 atom stereocenters. The summed E-state index contributed by atoms with van der Waals surface area (Å²) in [5.41, 5.74) is -1.20. The Morgan fingerprint density at radius 1 is 1.33 bits per heavy atom. The minimum absolute atomic E-state index is 0.271. The van der Waals surface area contributed by atoms with Crippen LogP contribution in [0.1, 0.15) is 33.6 Å². The SMILES string of the molecule is CC(C)(C)OC(=O)NC1CCC12CNC21OC(=O)C(=O)O1. The quantitative estimate of drug-likeness (QED) is 0.519. The van der Waals surface area contributed by atoms with Gasteiger partial charge in [-0.3, -0.25) is 0 Å². The van der Waals surface area contributed by atoms with Crippen LogP contribution in [-0.4, -0.2) is 42.1 Å². The fourth-order valence-corrected chi connectivity index (χ4v) is 3.00. The zero-order chi connectivity index (χ0) is 15.5. The van der Waals surface area contributed by atoms with Crippen molar-refractivity contribution in [3.05, 3.63) is 0 Å². The normalized spacial score (nSPS) is 33.0. The highest BCUT2D eigenvalue weighted by Gasteiger charge is 2.75. The predicted octanol–water partition coefficient (Wildman–Crippen LogP) is 0.0169. The number of carbonyl (C=O) groups is 3. The summed E-state index contributed by atoms with van der Waals surface area (Å²) in [6.07, 6.45) is 0.850. The monoisotopic (exact) mass is 298 g/mol. The molecule has 0 aromatic rings. The third kappa shape index (κ3) is 1.97. The van der Waals surface area contributed by atoms with Gasteiger partial charge >= 0.3 is 23.9 Å². The van der Waals surface area contributed by atoms with Gasteiger partial charge in [0.15, 0.2) is 0 Å². The van der Waals surface area contributed by atoms with Gasteiger partial charge in [-0.05, 0) is 33.6 Å². The van der Waals surface area contributed by atoms with Gasteiger partial charge in [0.25, 0.3) is 0 Å². The number of hydrogen-bond acceptors (Lipinski definition) is 7. The first-order valence-corrected chi connectivity index (χ1v) is 6.88. The van der Waals surface area contributed by atoms with E-state index >= 15 is 0 Å². The topological polar surface area (TPSA) is 103 Å². The molecule has 2 saturated heterocycles. The molecule has 2 aliphatic heterocycles. The minimum atomic E-state index is -1.43. The van der Waals surface area contributed by atoms with Gasteiger partial charge in [-0.1, -0.05) is 0 Å². The molecule has 116 valence electrons. The highest BCUT2D eigenvalue weighted by Crippen LogP contribution is 2.57. The number of fused-ring (bicyclic) bond motifs is 1. The number of rotatable bonds is 1. The Morgan fingerprint density at radius 2 is 1.95 bits per heavy atom. The van der Waals surface area contributed by atoms with E-state index in [1.54, 1.807) is 20.8 Å². The molecule has 0 bridgehead atoms. The van der Waals surface area contributed by atoms with Gasteiger partial charge in [0, 0.05) is 12.6 Å². The summed E-state index contributed by atoms with van der Waals surface area (Å²) in [7, 11) is 0. The van der Waals surface area contributed by atoms with E-state index in [9.17, 15) is 14.4 Å². The Hall–Kier alpha value is -1.83. The number of ether oxygens (including phenoxy) is 3. The average molecular weight is 298 g/mol. The van der Waals surface area contributed by atoms with Crippen LogP contribution in [0.3, 0.4) is 0 Å². The summed E-state index contributed by atoms with van der Waals surface area (Å²) in [5, 5.41) is 5.61. The van der Waals surface area contributed by atoms with Crippen molar-refractivity contribution >= 4 is 18.0 Å². The molecule has 0 aromatic heterocycles. The van der Waals surface area contributed by atoms with Crippen LogP contribution < -0.4 is 10.6 Å². The second-order valence-corrected chi connectivity index (χ2v) is 6.64. The molecule has 0 aromatic carbocycles. The first-order chi connectivity index (χ1) is 9.67. The Kier molecular flexibility index (Phi) is 2.75. The molecule has 3 rings (SSSR count). The molecule has 2 unspecified atom stereocenters. The number of alkyl carbamates (subject to hydrolysis) is 1. The Labute approximate surface area is 121 Å². The van der Waals surface area contributed by atoms with Gasteiger partial charge in [-0.15, -0.1) is 0 Å². The lowest BCUT2D eigenvalue weighted by Crippen LogP contribution is -2.83. The molecule has 1 amide bonds. The van der Waals surface area contributed by atoms with Gasteiger partial charge < -0.3 is 19.5 Å². The highest BCUT2D eigenvalue weighted by atomic mass is 16.8. The van der Waals surface area contributed by atoms with Crippen LogP contribution in [-0.2, 0) is 23.8 Å². The van der Waals surface area contributed by atoms with E-state index in [4.69, 9.17) is 14.2 Å². The summed E-state index contributed by atoms with van der Waals surface area (Å²) in [4.78, 5) is 34.4. The van der Waals surface area contributed by atoms with Gasteiger partial charge in [-0.2, -0.15) is 0 Å². The summed E-state index contributed by atoms with van der Waals surface area (Å²) in [5.74, 6) is -3.45. The maximum Gasteiger partial charge on any atom is 0.421 e. The molecule has 8 nitrogen and oxygen atoms in total. The maximum absolute atomic E-state index is 11.9. The van der Waals surface area contributed by atoms with E-state index in [0.29, 0.717) is 19.4 Å². The first kappa shape index (κ1) is 14.1. The molecule has 1 saturated carbocycles. The van der Waals surface area contributed by atoms with Crippen molar-refractivity contribution < 1.29 is 28.6 Å². The first-order valence-electron chi connectivity index (χ1n) is 6.88. The van der Waals surface area contributed by atoms with Crippen LogP contribution in [0.2, 0.25) is 0 Å². The van der Waals surface area contributed by atoms with Crippen molar-refractivity contribution in [3.8, 4) is 0 Å². The van der Waals surface area contributed by atoms with Gasteiger partial charge in [0.05, 0.1) is 5.41 Å². The molecule has 2 N–H and O–H groups in total. The smallest absolute Gasteiger partial charge is 0.421 e. The number of hydrogen-bond donors (Lipinski definition) is 2. The van der Waals surface area contributed by atoms with Crippen molar-refractivity contribution in [2.45, 2.75) is 51.2 Å². The molecular formula is C13H18N2O6.